The van der Waals surface area contributed by atoms with Crippen LogP contribution in [0, 0.1) is 6.92 Å². The van der Waals surface area contributed by atoms with Gasteiger partial charge in [0.05, 0.1) is 6.42 Å². The first-order chi connectivity index (χ1) is 9.97. The van der Waals surface area contributed by atoms with Gasteiger partial charge in [0.1, 0.15) is 5.75 Å². The molecule has 0 spiro atoms. The number of carbonyl (C=O) groups is 2. The standard InChI is InChI=1S/C16H21NO4/c1-11-5-3-7-14(9-11)21-12(2)16(20)17-8-4-6-13(17)10-15(18)19/h3,5,7,9,12-13H,4,6,8,10H2,1-2H3,(H,18,19). The third kappa shape index (κ3) is 3.97. The zero-order chi connectivity index (χ0) is 15.4. The van der Waals surface area contributed by atoms with Crippen LogP contribution in [0.2, 0.25) is 0 Å². The fourth-order valence-electron chi connectivity index (χ4n) is 2.72. The van der Waals surface area contributed by atoms with E-state index >= 15 is 0 Å². The summed E-state index contributed by atoms with van der Waals surface area (Å²) in [6, 6.07) is 7.32. The van der Waals surface area contributed by atoms with Crippen LogP contribution in [0.5, 0.6) is 5.75 Å². The first kappa shape index (κ1) is 15.4. The van der Waals surface area contributed by atoms with Gasteiger partial charge in [-0.05, 0) is 44.4 Å². The molecule has 1 heterocycles. The van der Waals surface area contributed by atoms with Crippen LogP contribution in [0.4, 0.5) is 0 Å². The Kier molecular flexibility index (Phi) is 4.83. The molecule has 114 valence electrons. The molecule has 0 saturated carbocycles. The van der Waals surface area contributed by atoms with E-state index in [0.717, 1.165) is 18.4 Å². The Morgan fingerprint density at radius 3 is 2.90 bits per heavy atom. The molecule has 0 radical (unpaired) electrons. The van der Waals surface area contributed by atoms with Gasteiger partial charge in [0.2, 0.25) is 0 Å². The molecule has 1 aliphatic heterocycles. The summed E-state index contributed by atoms with van der Waals surface area (Å²) < 4.78 is 5.68. The SMILES string of the molecule is Cc1cccc(OC(C)C(=O)N2CCCC2CC(=O)O)c1. The Morgan fingerprint density at radius 2 is 2.24 bits per heavy atom. The number of aliphatic carboxylic acids is 1. The molecule has 1 aromatic rings. The van der Waals surface area contributed by atoms with Gasteiger partial charge in [-0.15, -0.1) is 0 Å². The summed E-state index contributed by atoms with van der Waals surface area (Å²) in [5.74, 6) is -0.350. The van der Waals surface area contributed by atoms with Gasteiger partial charge in [-0.25, -0.2) is 0 Å². The van der Waals surface area contributed by atoms with Gasteiger partial charge >= 0.3 is 5.97 Å². The number of likely N-dealkylation sites (tertiary alicyclic amines) is 1. The van der Waals surface area contributed by atoms with Crippen LogP contribution < -0.4 is 4.74 Å². The van der Waals surface area contributed by atoms with Crippen molar-refractivity contribution in [1.29, 1.82) is 0 Å². The Labute approximate surface area is 124 Å². The molecule has 1 saturated heterocycles. The highest BCUT2D eigenvalue weighted by atomic mass is 16.5. The average molecular weight is 291 g/mol. The molecule has 1 amide bonds. The van der Waals surface area contributed by atoms with E-state index in [9.17, 15) is 9.59 Å². The second-order valence-corrected chi connectivity index (χ2v) is 5.50. The lowest BCUT2D eigenvalue weighted by atomic mass is 10.1. The first-order valence-electron chi connectivity index (χ1n) is 7.23. The number of rotatable bonds is 5. The number of carboxylic acids is 1. The summed E-state index contributed by atoms with van der Waals surface area (Å²) >= 11 is 0. The fourth-order valence-corrected chi connectivity index (χ4v) is 2.72. The number of nitrogens with zero attached hydrogens (tertiary/aromatic N) is 1. The normalized spacial score (nSPS) is 19.3. The topological polar surface area (TPSA) is 66.8 Å². The lowest BCUT2D eigenvalue weighted by molar-refractivity contribution is -0.142. The predicted molar refractivity (Wildman–Crippen MR) is 78.3 cm³/mol. The van der Waals surface area contributed by atoms with E-state index in [2.05, 4.69) is 0 Å². The molecule has 2 atom stereocenters. The molecule has 5 nitrogen and oxygen atoms in total. The monoisotopic (exact) mass is 291 g/mol. The summed E-state index contributed by atoms with van der Waals surface area (Å²) in [4.78, 5) is 24.9. The Balaban J connectivity index is 1.99. The number of ether oxygens (including phenoxy) is 1. The quantitative estimate of drug-likeness (QED) is 0.903. The van der Waals surface area contributed by atoms with Crippen LogP contribution >= 0.6 is 0 Å². The van der Waals surface area contributed by atoms with Crippen molar-refractivity contribution in [3.05, 3.63) is 29.8 Å². The van der Waals surface area contributed by atoms with Gasteiger partial charge in [-0.2, -0.15) is 0 Å². The number of benzene rings is 1. The largest absolute Gasteiger partial charge is 0.481 e. The van der Waals surface area contributed by atoms with Crippen molar-refractivity contribution in [2.75, 3.05) is 6.54 Å². The van der Waals surface area contributed by atoms with Crippen LogP contribution in [0.3, 0.4) is 0 Å². The zero-order valence-corrected chi connectivity index (χ0v) is 12.4. The molecular weight excluding hydrogens is 270 g/mol. The molecule has 5 heteroatoms. The van der Waals surface area contributed by atoms with Crippen molar-refractivity contribution < 1.29 is 19.4 Å². The van der Waals surface area contributed by atoms with Crippen molar-refractivity contribution in [1.82, 2.24) is 4.90 Å². The Bertz CT molecular complexity index is 529. The van der Waals surface area contributed by atoms with Crippen LogP contribution in [0.15, 0.2) is 24.3 Å². The number of aryl methyl sites for hydroxylation is 1. The third-order valence-corrected chi connectivity index (χ3v) is 3.72. The molecule has 0 aliphatic carbocycles. The van der Waals surface area contributed by atoms with Crippen LogP contribution in [0.25, 0.3) is 0 Å². The molecule has 0 aromatic heterocycles. The number of carbonyl (C=O) groups excluding carboxylic acids is 1. The third-order valence-electron chi connectivity index (χ3n) is 3.72. The number of carboxylic acid groups (broad SMARTS) is 1. The summed E-state index contributed by atoms with van der Waals surface area (Å²) in [6.45, 7) is 4.28. The minimum Gasteiger partial charge on any atom is -0.481 e. The highest BCUT2D eigenvalue weighted by Crippen LogP contribution is 2.22. The zero-order valence-electron chi connectivity index (χ0n) is 12.4. The minimum atomic E-state index is -0.869. The molecular formula is C16H21NO4. The lowest BCUT2D eigenvalue weighted by Crippen LogP contribution is -2.43. The predicted octanol–water partition coefficient (Wildman–Crippen LogP) is 2.23. The number of hydrogen-bond donors (Lipinski definition) is 1. The van der Waals surface area contributed by atoms with E-state index in [1.165, 1.54) is 0 Å². The average Bonchev–Trinajstić information content (AvgIpc) is 2.85. The van der Waals surface area contributed by atoms with Gasteiger partial charge in [-0.1, -0.05) is 12.1 Å². The van der Waals surface area contributed by atoms with E-state index in [1.807, 2.05) is 31.2 Å². The highest BCUT2D eigenvalue weighted by Gasteiger charge is 2.33. The minimum absolute atomic E-state index is 0.00288. The Morgan fingerprint density at radius 1 is 1.48 bits per heavy atom. The fraction of sp³-hybridized carbons (Fsp3) is 0.500. The summed E-state index contributed by atoms with van der Waals surface area (Å²) in [6.07, 6.45) is 0.986. The Hall–Kier alpha value is -2.04. The first-order valence-corrected chi connectivity index (χ1v) is 7.23. The number of hydrogen-bond acceptors (Lipinski definition) is 3. The van der Waals surface area contributed by atoms with E-state index in [4.69, 9.17) is 9.84 Å². The van der Waals surface area contributed by atoms with Gasteiger partial charge < -0.3 is 14.7 Å². The van der Waals surface area contributed by atoms with Crippen molar-refractivity contribution >= 4 is 11.9 Å². The molecule has 1 aliphatic rings. The second-order valence-electron chi connectivity index (χ2n) is 5.50. The van der Waals surface area contributed by atoms with Gasteiger partial charge in [0, 0.05) is 12.6 Å². The highest BCUT2D eigenvalue weighted by molar-refractivity contribution is 5.82. The maximum atomic E-state index is 12.4. The van der Waals surface area contributed by atoms with Crippen molar-refractivity contribution in [3.8, 4) is 5.75 Å². The molecule has 2 unspecified atom stereocenters. The summed E-state index contributed by atoms with van der Waals surface area (Å²) in [5, 5.41) is 8.91. The van der Waals surface area contributed by atoms with Crippen LogP contribution in [0.1, 0.15) is 31.7 Å². The van der Waals surface area contributed by atoms with Gasteiger partial charge in [0.15, 0.2) is 6.10 Å². The molecule has 2 rings (SSSR count). The van der Waals surface area contributed by atoms with Crippen molar-refractivity contribution in [3.63, 3.8) is 0 Å². The number of amides is 1. The molecule has 0 bridgehead atoms. The van der Waals surface area contributed by atoms with Gasteiger partial charge in [-0.3, -0.25) is 9.59 Å². The van der Waals surface area contributed by atoms with Crippen LogP contribution in [-0.4, -0.2) is 40.6 Å². The molecule has 1 N–H and O–H groups in total. The van der Waals surface area contributed by atoms with E-state index < -0.39 is 12.1 Å². The maximum Gasteiger partial charge on any atom is 0.305 e. The smallest absolute Gasteiger partial charge is 0.305 e. The molecule has 1 aromatic carbocycles. The lowest BCUT2D eigenvalue weighted by Gasteiger charge is -2.26. The maximum absolute atomic E-state index is 12.4. The van der Waals surface area contributed by atoms with Crippen molar-refractivity contribution in [2.24, 2.45) is 0 Å². The molecule has 21 heavy (non-hydrogen) atoms. The van der Waals surface area contributed by atoms with Crippen LogP contribution in [-0.2, 0) is 9.59 Å². The van der Waals surface area contributed by atoms with Gasteiger partial charge in [0.25, 0.3) is 5.91 Å². The summed E-state index contributed by atoms with van der Waals surface area (Å²) in [7, 11) is 0. The van der Waals surface area contributed by atoms with E-state index in [1.54, 1.807) is 11.8 Å². The second kappa shape index (κ2) is 6.61. The summed E-state index contributed by atoms with van der Waals surface area (Å²) in [5.41, 5.74) is 1.07. The van der Waals surface area contributed by atoms with Crippen molar-refractivity contribution in [2.45, 2.75) is 45.3 Å². The molecule has 1 fully saturated rings. The van der Waals surface area contributed by atoms with E-state index in [-0.39, 0.29) is 18.4 Å². The van der Waals surface area contributed by atoms with E-state index in [0.29, 0.717) is 12.3 Å².